The zero-order valence-electron chi connectivity index (χ0n) is 33.5. The van der Waals surface area contributed by atoms with Gasteiger partial charge in [0.25, 0.3) is 0 Å². The molecule has 0 bridgehead atoms. The predicted molar refractivity (Wildman–Crippen MR) is 196 cm³/mol. The van der Waals surface area contributed by atoms with Gasteiger partial charge in [-0.3, -0.25) is 0 Å². The van der Waals surface area contributed by atoms with E-state index in [1.54, 1.807) is 6.92 Å². The fraction of sp³-hybridized carbons (Fsp3) is 0.950. The molecule has 0 radical (unpaired) electrons. The van der Waals surface area contributed by atoms with Gasteiger partial charge in [0.05, 0.1) is 37.1 Å². The lowest BCUT2D eigenvalue weighted by Crippen LogP contribution is -2.66. The van der Waals surface area contributed by atoms with Crippen molar-refractivity contribution in [2.45, 2.75) is 189 Å². The van der Waals surface area contributed by atoms with Crippen molar-refractivity contribution >= 4 is 0 Å². The number of aliphatic hydroxyl groups is 10. The lowest BCUT2D eigenvalue weighted by molar-refractivity contribution is -0.380. The smallest absolute Gasteiger partial charge is 0.187 e. The highest BCUT2D eigenvalue weighted by molar-refractivity contribution is 5.28. The van der Waals surface area contributed by atoms with E-state index in [1.165, 1.54) is 12.7 Å². The van der Waals surface area contributed by atoms with Crippen LogP contribution in [0.3, 0.4) is 0 Å². The second-order valence-electron chi connectivity index (χ2n) is 18.4. The third-order valence-electron chi connectivity index (χ3n) is 15.5. The molecule has 1 unspecified atom stereocenters. The maximum atomic E-state index is 12.3. The van der Waals surface area contributed by atoms with E-state index in [0.29, 0.717) is 18.8 Å². The van der Waals surface area contributed by atoms with Crippen LogP contribution in [0.1, 0.15) is 79.1 Å². The van der Waals surface area contributed by atoms with E-state index in [0.717, 1.165) is 38.5 Å². The highest BCUT2D eigenvalue weighted by atomic mass is 16.8. The summed E-state index contributed by atoms with van der Waals surface area (Å²) < 4.78 is 41.3. The second-order valence-corrected chi connectivity index (χ2v) is 18.4. The summed E-state index contributed by atoms with van der Waals surface area (Å²) in [6.07, 6.45) is -13.4. The minimum atomic E-state index is -1.80. The van der Waals surface area contributed by atoms with Crippen molar-refractivity contribution in [1.82, 2.24) is 0 Å². The van der Waals surface area contributed by atoms with Crippen LogP contribution in [0.25, 0.3) is 0 Å². The Morgan fingerprint density at radius 3 is 2.00 bits per heavy atom. The van der Waals surface area contributed by atoms with Crippen molar-refractivity contribution in [1.29, 1.82) is 0 Å². The molecule has 7 rings (SSSR count). The number of fused-ring (bicyclic) bond motifs is 5. The molecule has 6 fully saturated rings. The van der Waals surface area contributed by atoms with Crippen molar-refractivity contribution in [2.75, 3.05) is 20.3 Å². The van der Waals surface area contributed by atoms with E-state index in [2.05, 4.69) is 19.9 Å². The quantitative estimate of drug-likeness (QED) is 0.113. The number of ether oxygens (including phenoxy) is 7. The van der Waals surface area contributed by atoms with Crippen molar-refractivity contribution in [3.63, 3.8) is 0 Å². The molecule has 0 aromatic heterocycles. The first-order chi connectivity index (χ1) is 26.9. The molecule has 57 heavy (non-hydrogen) atoms. The number of allylic oxidation sites excluding steroid dienone is 1. The van der Waals surface area contributed by atoms with Gasteiger partial charge in [-0.1, -0.05) is 25.5 Å². The van der Waals surface area contributed by atoms with E-state index < -0.39 is 117 Å². The Bertz CT molecular complexity index is 1420. The fourth-order valence-electron chi connectivity index (χ4n) is 12.1. The molecule has 17 heteroatoms. The SMILES string of the molecule is CO[C@@H]1[C@@H](O)[C@H](O[C@H]2CC[C@@]3(C)C(=CC[C@@H]4[C@@H]3CC[C@]3(C)[C@@H](C(C)O)CC[C@]43O)C2)O[C@H](C)[C@@H]1O[C@@H]1O[C@H](CO)[C@@H](O[C@@H]2O[C@H](CO)[C@@H](O)[C@H](O)[C@H]2O)[C@H](O)[C@H]1O. The van der Waals surface area contributed by atoms with E-state index in [1.807, 2.05) is 6.92 Å². The molecule has 3 aliphatic heterocycles. The first kappa shape index (κ1) is 44.1. The van der Waals surface area contributed by atoms with E-state index in [4.69, 9.17) is 33.2 Å². The summed E-state index contributed by atoms with van der Waals surface area (Å²) in [5.41, 5.74) is 0.0610. The van der Waals surface area contributed by atoms with Crippen LogP contribution in [0.15, 0.2) is 11.6 Å². The topological polar surface area (TPSA) is 267 Å². The monoisotopic (exact) mass is 818 g/mol. The number of hydrogen-bond acceptors (Lipinski definition) is 17. The molecule has 0 spiro atoms. The maximum absolute atomic E-state index is 12.3. The summed E-state index contributed by atoms with van der Waals surface area (Å²) >= 11 is 0. The average molecular weight is 819 g/mol. The summed E-state index contributed by atoms with van der Waals surface area (Å²) in [5.74, 6) is 0.518. The number of methoxy groups -OCH3 is 1. The van der Waals surface area contributed by atoms with Gasteiger partial charge in [0.1, 0.15) is 67.1 Å². The predicted octanol–water partition coefficient (Wildman–Crippen LogP) is -1.42. The molecule has 3 heterocycles. The van der Waals surface area contributed by atoms with Crippen molar-refractivity contribution < 1.29 is 84.2 Å². The molecule has 7 aliphatic rings. The molecular formula is C40H66O17. The number of rotatable bonds is 10. The second kappa shape index (κ2) is 16.7. The molecule has 17 nitrogen and oxygen atoms in total. The third-order valence-corrected chi connectivity index (χ3v) is 15.5. The highest BCUT2D eigenvalue weighted by Gasteiger charge is 2.67. The molecule has 0 amide bonds. The molecule has 0 aromatic carbocycles. The van der Waals surface area contributed by atoms with Crippen LogP contribution in [0.4, 0.5) is 0 Å². The van der Waals surface area contributed by atoms with Gasteiger partial charge in [-0.05, 0) is 88.4 Å². The van der Waals surface area contributed by atoms with Crippen LogP contribution in [-0.2, 0) is 33.2 Å². The van der Waals surface area contributed by atoms with Gasteiger partial charge in [0.2, 0.25) is 0 Å². The van der Waals surface area contributed by atoms with Crippen molar-refractivity contribution in [3.05, 3.63) is 11.6 Å². The molecule has 3 saturated heterocycles. The summed E-state index contributed by atoms with van der Waals surface area (Å²) in [6, 6.07) is 0. The molecular weight excluding hydrogens is 752 g/mol. The minimum absolute atomic E-state index is 0.0837. The molecule has 4 aliphatic carbocycles. The zero-order chi connectivity index (χ0) is 41.4. The van der Waals surface area contributed by atoms with Crippen LogP contribution in [0.5, 0.6) is 0 Å². The maximum Gasteiger partial charge on any atom is 0.187 e. The van der Waals surface area contributed by atoms with Gasteiger partial charge in [0.15, 0.2) is 18.9 Å². The number of aliphatic hydroxyl groups excluding tert-OH is 9. The summed E-state index contributed by atoms with van der Waals surface area (Å²) in [4.78, 5) is 0. The Morgan fingerprint density at radius 2 is 1.35 bits per heavy atom. The zero-order valence-corrected chi connectivity index (χ0v) is 33.5. The van der Waals surface area contributed by atoms with Crippen LogP contribution in [-0.4, -0.2) is 181 Å². The third kappa shape index (κ3) is 7.37. The first-order valence-corrected chi connectivity index (χ1v) is 20.8. The van der Waals surface area contributed by atoms with Gasteiger partial charge < -0.3 is 84.2 Å². The fourth-order valence-corrected chi connectivity index (χ4v) is 12.1. The number of hydrogen-bond donors (Lipinski definition) is 10. The Balaban J connectivity index is 0.977. The van der Waals surface area contributed by atoms with Gasteiger partial charge >= 0.3 is 0 Å². The van der Waals surface area contributed by atoms with E-state index >= 15 is 0 Å². The van der Waals surface area contributed by atoms with Gasteiger partial charge in [-0.15, -0.1) is 0 Å². The first-order valence-electron chi connectivity index (χ1n) is 20.8. The lowest BCUT2D eigenvalue weighted by Gasteiger charge is -2.61. The van der Waals surface area contributed by atoms with E-state index in [-0.39, 0.29) is 28.8 Å². The van der Waals surface area contributed by atoms with Gasteiger partial charge in [-0.2, -0.15) is 0 Å². The molecule has 328 valence electrons. The van der Waals surface area contributed by atoms with Crippen LogP contribution >= 0.6 is 0 Å². The molecule has 10 N–H and O–H groups in total. The van der Waals surface area contributed by atoms with E-state index in [9.17, 15) is 51.1 Å². The van der Waals surface area contributed by atoms with Crippen molar-refractivity contribution in [2.24, 2.45) is 28.6 Å². The Hall–Kier alpha value is -0.940. The van der Waals surface area contributed by atoms with Crippen molar-refractivity contribution in [3.8, 4) is 0 Å². The van der Waals surface area contributed by atoms with Crippen LogP contribution in [0.2, 0.25) is 0 Å². The van der Waals surface area contributed by atoms with Crippen LogP contribution in [0, 0.1) is 28.6 Å². The Morgan fingerprint density at radius 1 is 0.719 bits per heavy atom. The summed E-state index contributed by atoms with van der Waals surface area (Å²) in [5, 5.41) is 107. The van der Waals surface area contributed by atoms with Crippen LogP contribution < -0.4 is 0 Å². The lowest BCUT2D eigenvalue weighted by atomic mass is 9.45. The summed E-state index contributed by atoms with van der Waals surface area (Å²) in [7, 11) is 1.39. The van der Waals surface area contributed by atoms with Gasteiger partial charge in [0, 0.05) is 12.5 Å². The minimum Gasteiger partial charge on any atom is -0.394 e. The Labute approximate surface area is 333 Å². The highest BCUT2D eigenvalue weighted by Crippen LogP contribution is 2.68. The molecule has 3 saturated carbocycles. The van der Waals surface area contributed by atoms with Gasteiger partial charge in [-0.25, -0.2) is 0 Å². The summed E-state index contributed by atoms with van der Waals surface area (Å²) in [6.45, 7) is 6.59. The molecule has 23 atom stereocenters. The largest absolute Gasteiger partial charge is 0.394 e. The molecule has 0 aromatic rings. The Kier molecular flexibility index (Phi) is 13.0. The standard InChI is InChI=1S/C40H66O17/c1-17(43)21-10-13-40(50)23-7-6-19-14-20(8-11-38(19,3)22(23)9-12-39(21,40)4)53-37-31(49)34(51-5)32(18(2)52-37)56-36-30(48)28(46)33(25(16-42)55-36)57-35-29(47)27(45)26(44)24(15-41)54-35/h6,17-18,20-37,41-50H,7-16H2,1-5H3/t17?,18-,20+,21-,22+,23-,24-,25-,26-,27+,28-,29-,30-,31-,32+,33-,34-,35+,36+,37+,38+,39-,40+/m1/s1. The average Bonchev–Trinajstić information content (AvgIpc) is 3.47. The normalized spacial score (nSPS) is 54.6.